The zero-order valence-electron chi connectivity index (χ0n) is 7.92. The first-order chi connectivity index (χ1) is 6.77. The predicted molar refractivity (Wildman–Crippen MR) is 61.4 cm³/mol. The number of rotatable bonds is 3. The summed E-state index contributed by atoms with van der Waals surface area (Å²) in [5.41, 5.74) is 1.58. The second kappa shape index (κ2) is 5.46. The Bertz CT molecular complexity index is 360. The van der Waals surface area contributed by atoms with Gasteiger partial charge in [0, 0.05) is 17.2 Å². The van der Waals surface area contributed by atoms with Crippen molar-refractivity contribution in [1.29, 1.82) is 5.26 Å². The molecule has 1 aromatic rings. The summed E-state index contributed by atoms with van der Waals surface area (Å²) < 4.78 is 1.02. The zero-order valence-corrected chi connectivity index (χ0v) is 9.51. The number of nitrogens with zero attached hydrogens (tertiary/aromatic N) is 1. The summed E-state index contributed by atoms with van der Waals surface area (Å²) in [5, 5.41) is 11.9. The number of benzene rings is 1. The van der Waals surface area contributed by atoms with E-state index in [4.69, 9.17) is 5.26 Å². The third-order valence-corrected chi connectivity index (χ3v) is 2.25. The lowest BCUT2D eigenvalue weighted by molar-refractivity contribution is 0.922. The first-order valence-corrected chi connectivity index (χ1v) is 5.16. The van der Waals surface area contributed by atoms with Gasteiger partial charge in [-0.1, -0.05) is 28.1 Å². The Morgan fingerprint density at radius 3 is 2.64 bits per heavy atom. The second-order valence-electron chi connectivity index (χ2n) is 2.73. The third-order valence-electron chi connectivity index (χ3n) is 1.73. The van der Waals surface area contributed by atoms with Crippen LogP contribution in [0.1, 0.15) is 12.5 Å². The molecule has 0 aromatic heterocycles. The normalized spacial score (nSPS) is 10.8. The van der Waals surface area contributed by atoms with Crippen LogP contribution in [0.15, 0.2) is 34.9 Å². The van der Waals surface area contributed by atoms with Crippen molar-refractivity contribution in [3.05, 3.63) is 40.5 Å². The molecular formula is C11H11BrN2. The monoisotopic (exact) mass is 250 g/mol. The van der Waals surface area contributed by atoms with Gasteiger partial charge in [0.25, 0.3) is 0 Å². The van der Waals surface area contributed by atoms with Crippen LogP contribution >= 0.6 is 15.9 Å². The van der Waals surface area contributed by atoms with E-state index in [2.05, 4.69) is 27.3 Å². The summed E-state index contributed by atoms with van der Waals surface area (Å²) in [7, 11) is 0. The largest absolute Gasteiger partial charge is 0.390 e. The molecule has 72 valence electrons. The number of hydrogen-bond acceptors (Lipinski definition) is 2. The van der Waals surface area contributed by atoms with Crippen molar-refractivity contribution in [2.24, 2.45) is 0 Å². The maximum Gasteiger partial charge on any atom is 0.101 e. The molecule has 0 aliphatic heterocycles. The third kappa shape index (κ3) is 2.90. The van der Waals surface area contributed by atoms with Gasteiger partial charge in [-0.05, 0) is 24.6 Å². The van der Waals surface area contributed by atoms with Crippen LogP contribution in [0.3, 0.4) is 0 Å². The van der Waals surface area contributed by atoms with E-state index in [1.165, 1.54) is 0 Å². The Morgan fingerprint density at radius 2 is 2.14 bits per heavy atom. The van der Waals surface area contributed by atoms with Crippen LogP contribution in [0.5, 0.6) is 0 Å². The Hall–Kier alpha value is -1.27. The smallest absolute Gasteiger partial charge is 0.101 e. The second-order valence-corrected chi connectivity index (χ2v) is 3.65. The SMILES string of the molecule is CCN/C=C(/C#N)c1ccc(Br)cc1. The molecule has 2 nitrogen and oxygen atoms in total. The molecule has 0 unspecified atom stereocenters. The van der Waals surface area contributed by atoms with E-state index in [0.717, 1.165) is 16.6 Å². The average Bonchev–Trinajstić information content (AvgIpc) is 2.21. The van der Waals surface area contributed by atoms with Gasteiger partial charge in [0.1, 0.15) is 6.07 Å². The molecule has 3 heteroatoms. The fraction of sp³-hybridized carbons (Fsp3) is 0.182. The molecule has 0 atom stereocenters. The van der Waals surface area contributed by atoms with E-state index < -0.39 is 0 Å². The minimum Gasteiger partial charge on any atom is -0.390 e. The highest BCUT2D eigenvalue weighted by atomic mass is 79.9. The fourth-order valence-corrected chi connectivity index (χ4v) is 1.28. The minimum atomic E-state index is 0.652. The quantitative estimate of drug-likeness (QED) is 0.838. The molecule has 0 heterocycles. The molecule has 0 amide bonds. The Labute approximate surface area is 92.4 Å². The van der Waals surface area contributed by atoms with Gasteiger partial charge in [-0.2, -0.15) is 5.26 Å². The van der Waals surface area contributed by atoms with Crippen molar-refractivity contribution >= 4 is 21.5 Å². The molecule has 0 fully saturated rings. The first-order valence-electron chi connectivity index (χ1n) is 4.37. The Morgan fingerprint density at radius 1 is 1.50 bits per heavy atom. The maximum atomic E-state index is 8.91. The fourth-order valence-electron chi connectivity index (χ4n) is 1.01. The van der Waals surface area contributed by atoms with E-state index in [1.54, 1.807) is 6.20 Å². The number of nitrogens with one attached hydrogen (secondary N) is 1. The standard InChI is InChI=1S/C11H11BrN2/c1-2-14-8-10(7-13)9-3-5-11(12)6-4-9/h3-6,8,14H,2H2,1H3/b10-8-. The zero-order chi connectivity index (χ0) is 10.4. The van der Waals surface area contributed by atoms with E-state index in [9.17, 15) is 0 Å². The van der Waals surface area contributed by atoms with Gasteiger partial charge in [0.15, 0.2) is 0 Å². The molecule has 0 saturated carbocycles. The highest BCUT2D eigenvalue weighted by molar-refractivity contribution is 9.10. The van der Waals surface area contributed by atoms with E-state index in [0.29, 0.717) is 5.57 Å². The Balaban J connectivity index is 2.91. The lowest BCUT2D eigenvalue weighted by atomic mass is 10.1. The highest BCUT2D eigenvalue weighted by Gasteiger charge is 1.98. The summed E-state index contributed by atoms with van der Waals surface area (Å²) >= 11 is 3.35. The van der Waals surface area contributed by atoms with Gasteiger partial charge in [-0.25, -0.2) is 0 Å². The van der Waals surface area contributed by atoms with Crippen LogP contribution in [-0.4, -0.2) is 6.54 Å². The number of hydrogen-bond donors (Lipinski definition) is 1. The summed E-state index contributed by atoms with van der Waals surface area (Å²) in [6.07, 6.45) is 1.74. The number of allylic oxidation sites excluding steroid dienone is 1. The molecule has 0 spiro atoms. The van der Waals surface area contributed by atoms with Crippen LogP contribution in [0.4, 0.5) is 0 Å². The van der Waals surface area contributed by atoms with E-state index in [1.807, 2.05) is 31.2 Å². The average molecular weight is 251 g/mol. The molecule has 1 rings (SSSR count). The van der Waals surface area contributed by atoms with Crippen LogP contribution < -0.4 is 5.32 Å². The first kappa shape index (κ1) is 10.8. The maximum absolute atomic E-state index is 8.91. The predicted octanol–water partition coefficient (Wildman–Crippen LogP) is 2.92. The van der Waals surface area contributed by atoms with Crippen molar-refractivity contribution < 1.29 is 0 Å². The van der Waals surface area contributed by atoms with Gasteiger partial charge < -0.3 is 5.32 Å². The van der Waals surface area contributed by atoms with Crippen LogP contribution in [0.2, 0.25) is 0 Å². The molecule has 0 bridgehead atoms. The lowest BCUT2D eigenvalue weighted by Gasteiger charge is -2.00. The van der Waals surface area contributed by atoms with Crippen molar-refractivity contribution in [2.45, 2.75) is 6.92 Å². The Kier molecular flexibility index (Phi) is 4.21. The van der Waals surface area contributed by atoms with E-state index >= 15 is 0 Å². The lowest BCUT2D eigenvalue weighted by Crippen LogP contribution is -2.03. The molecule has 0 saturated heterocycles. The summed E-state index contributed by atoms with van der Waals surface area (Å²) in [5.74, 6) is 0. The molecule has 0 aliphatic rings. The molecule has 1 N–H and O–H groups in total. The van der Waals surface area contributed by atoms with E-state index in [-0.39, 0.29) is 0 Å². The van der Waals surface area contributed by atoms with Crippen molar-refractivity contribution in [3.8, 4) is 6.07 Å². The van der Waals surface area contributed by atoms with Gasteiger partial charge in [-0.3, -0.25) is 0 Å². The summed E-state index contributed by atoms with van der Waals surface area (Å²) in [6.45, 7) is 2.81. The number of nitriles is 1. The van der Waals surface area contributed by atoms with Gasteiger partial charge in [0.2, 0.25) is 0 Å². The molecular weight excluding hydrogens is 240 g/mol. The van der Waals surface area contributed by atoms with Gasteiger partial charge in [0.05, 0.1) is 5.57 Å². The number of halogens is 1. The van der Waals surface area contributed by atoms with Crippen LogP contribution in [0, 0.1) is 11.3 Å². The molecule has 14 heavy (non-hydrogen) atoms. The molecule has 0 aliphatic carbocycles. The molecule has 0 radical (unpaired) electrons. The highest BCUT2D eigenvalue weighted by Crippen LogP contribution is 2.16. The summed E-state index contributed by atoms with van der Waals surface area (Å²) in [4.78, 5) is 0. The van der Waals surface area contributed by atoms with Gasteiger partial charge in [-0.15, -0.1) is 0 Å². The molecule has 1 aromatic carbocycles. The van der Waals surface area contributed by atoms with Gasteiger partial charge >= 0.3 is 0 Å². The van der Waals surface area contributed by atoms with Crippen LogP contribution in [-0.2, 0) is 0 Å². The summed E-state index contributed by atoms with van der Waals surface area (Å²) in [6, 6.07) is 9.83. The topological polar surface area (TPSA) is 35.8 Å². The van der Waals surface area contributed by atoms with Crippen molar-refractivity contribution in [2.75, 3.05) is 6.54 Å². The van der Waals surface area contributed by atoms with Crippen molar-refractivity contribution in [3.63, 3.8) is 0 Å². The van der Waals surface area contributed by atoms with Crippen LogP contribution in [0.25, 0.3) is 5.57 Å². The van der Waals surface area contributed by atoms with Crippen molar-refractivity contribution in [1.82, 2.24) is 5.32 Å². The minimum absolute atomic E-state index is 0.652.